The Bertz CT molecular complexity index is 1110. The van der Waals surface area contributed by atoms with Gasteiger partial charge in [-0.3, -0.25) is 0 Å². The van der Waals surface area contributed by atoms with Gasteiger partial charge in [0.05, 0.1) is 0 Å². The molecule has 1 aliphatic carbocycles. The molecule has 0 radical (unpaired) electrons. The molecule has 1 aromatic heterocycles. The molecule has 3 heterocycles. The van der Waals surface area contributed by atoms with Crippen molar-refractivity contribution >= 4 is 5.57 Å². The maximum absolute atomic E-state index is 9.53. The second-order valence-electron chi connectivity index (χ2n) is 8.79. The first-order valence-corrected chi connectivity index (χ1v) is 11.7. The highest BCUT2D eigenvalue weighted by molar-refractivity contribution is 5.80. The molecule has 2 aliphatic heterocycles. The van der Waals surface area contributed by atoms with Crippen molar-refractivity contribution in [3.63, 3.8) is 0 Å². The van der Waals surface area contributed by atoms with Gasteiger partial charge in [-0.1, -0.05) is 30.4 Å². The Morgan fingerprint density at radius 3 is 2.79 bits per heavy atom. The number of pyridine rings is 1. The van der Waals surface area contributed by atoms with E-state index in [0.29, 0.717) is 17.5 Å². The number of ether oxygens (including phenoxy) is 2. The van der Waals surface area contributed by atoms with Crippen molar-refractivity contribution < 1.29 is 14.6 Å². The number of benzene rings is 1. The SMILES string of the molecule is COC1C=CC=C2Oc3ncccc3C(=CCCN3CCC(c4ccc(O)cc4)CC3)C=C21. The molecular formula is C28H30N2O3. The Labute approximate surface area is 195 Å². The summed E-state index contributed by atoms with van der Waals surface area (Å²) in [5.74, 6) is 2.35. The van der Waals surface area contributed by atoms with Crippen molar-refractivity contribution in [3.05, 3.63) is 95.4 Å². The van der Waals surface area contributed by atoms with E-state index >= 15 is 0 Å². The van der Waals surface area contributed by atoms with Crippen LogP contribution in [0.4, 0.5) is 0 Å². The van der Waals surface area contributed by atoms with E-state index in [2.05, 4.69) is 40.2 Å². The monoisotopic (exact) mass is 442 g/mol. The van der Waals surface area contributed by atoms with E-state index in [9.17, 15) is 5.11 Å². The average molecular weight is 443 g/mol. The van der Waals surface area contributed by atoms with E-state index < -0.39 is 0 Å². The summed E-state index contributed by atoms with van der Waals surface area (Å²) in [4.78, 5) is 7.03. The summed E-state index contributed by atoms with van der Waals surface area (Å²) in [7, 11) is 1.72. The Morgan fingerprint density at radius 1 is 1.18 bits per heavy atom. The van der Waals surface area contributed by atoms with E-state index in [1.54, 1.807) is 25.4 Å². The van der Waals surface area contributed by atoms with Gasteiger partial charge >= 0.3 is 0 Å². The van der Waals surface area contributed by atoms with E-state index in [1.807, 2.05) is 24.3 Å². The largest absolute Gasteiger partial charge is 0.508 e. The fraction of sp³-hybridized carbons (Fsp3) is 0.321. The molecule has 1 atom stereocenters. The fourth-order valence-electron chi connectivity index (χ4n) is 4.88. The van der Waals surface area contributed by atoms with Crippen molar-refractivity contribution in [1.82, 2.24) is 9.88 Å². The van der Waals surface area contributed by atoms with Gasteiger partial charge in [0.1, 0.15) is 17.6 Å². The van der Waals surface area contributed by atoms with Gasteiger partial charge in [0.15, 0.2) is 0 Å². The standard InChI is InChI=1S/C28H30N2O3/c1-32-26-7-2-8-27-25(26)19-22(24-6-3-15-29-28(24)33-27)5-4-16-30-17-13-21(14-18-30)20-9-11-23(31)12-10-20/h2-3,5-12,15,19,21,26,31H,4,13-14,16-18H2,1H3. The van der Waals surface area contributed by atoms with Crippen LogP contribution in [-0.4, -0.2) is 47.8 Å². The smallest absolute Gasteiger partial charge is 0.227 e. The summed E-state index contributed by atoms with van der Waals surface area (Å²) in [5.41, 5.74) is 4.51. The summed E-state index contributed by atoms with van der Waals surface area (Å²) < 4.78 is 11.8. The quantitative estimate of drug-likeness (QED) is 0.687. The lowest BCUT2D eigenvalue weighted by Gasteiger charge is -2.32. The Kier molecular flexibility index (Phi) is 6.42. The average Bonchev–Trinajstić information content (AvgIpc) is 3.01. The zero-order valence-electron chi connectivity index (χ0n) is 19.0. The van der Waals surface area contributed by atoms with E-state index in [1.165, 1.54) is 5.56 Å². The number of rotatable bonds is 5. The lowest BCUT2D eigenvalue weighted by molar-refractivity contribution is 0.164. The van der Waals surface area contributed by atoms with Crippen LogP contribution in [0.5, 0.6) is 11.6 Å². The van der Waals surface area contributed by atoms with E-state index in [4.69, 9.17) is 9.47 Å². The third-order valence-electron chi connectivity index (χ3n) is 6.74. The van der Waals surface area contributed by atoms with Gasteiger partial charge in [-0.25, -0.2) is 4.98 Å². The van der Waals surface area contributed by atoms with Crippen LogP contribution in [0.1, 0.15) is 36.3 Å². The lowest BCUT2D eigenvalue weighted by Crippen LogP contribution is -2.33. The first kappa shape index (κ1) is 21.7. The highest BCUT2D eigenvalue weighted by atomic mass is 16.5. The number of fused-ring (bicyclic) bond motifs is 2. The van der Waals surface area contributed by atoms with Gasteiger partial charge in [-0.05, 0) is 85.8 Å². The van der Waals surface area contributed by atoms with Gasteiger partial charge in [-0.2, -0.15) is 0 Å². The molecule has 1 unspecified atom stereocenters. The van der Waals surface area contributed by atoms with Crippen LogP contribution < -0.4 is 4.74 Å². The number of nitrogens with zero attached hydrogens (tertiary/aromatic N) is 2. The number of allylic oxidation sites excluding steroid dienone is 4. The van der Waals surface area contributed by atoms with Gasteiger partial charge in [0, 0.05) is 31.0 Å². The highest BCUT2D eigenvalue weighted by Crippen LogP contribution is 2.36. The summed E-state index contributed by atoms with van der Waals surface area (Å²) in [5, 5.41) is 9.53. The van der Waals surface area contributed by atoms with Crippen LogP contribution in [0.2, 0.25) is 0 Å². The first-order valence-electron chi connectivity index (χ1n) is 11.7. The number of phenolic OH excluding ortho intramolecular Hbond substituents is 1. The molecule has 170 valence electrons. The number of likely N-dealkylation sites (tertiary alicyclic amines) is 1. The zero-order valence-corrected chi connectivity index (χ0v) is 19.0. The Hall–Kier alpha value is -3.15. The van der Waals surface area contributed by atoms with Gasteiger partial charge in [-0.15, -0.1) is 0 Å². The van der Waals surface area contributed by atoms with Crippen molar-refractivity contribution in [1.29, 1.82) is 0 Å². The van der Waals surface area contributed by atoms with Crippen LogP contribution >= 0.6 is 0 Å². The molecule has 33 heavy (non-hydrogen) atoms. The molecule has 5 nitrogen and oxygen atoms in total. The molecule has 1 fully saturated rings. The number of methoxy groups -OCH3 is 1. The Balaban J connectivity index is 1.27. The molecule has 2 aromatic rings. The minimum Gasteiger partial charge on any atom is -0.508 e. The summed E-state index contributed by atoms with van der Waals surface area (Å²) in [6.07, 6.45) is 15.4. The lowest BCUT2D eigenvalue weighted by atomic mass is 9.89. The summed E-state index contributed by atoms with van der Waals surface area (Å²) in [6.45, 7) is 3.22. The van der Waals surface area contributed by atoms with Crippen molar-refractivity contribution in [2.75, 3.05) is 26.7 Å². The molecule has 1 N–H and O–H groups in total. The minimum absolute atomic E-state index is 0.123. The number of hydrogen-bond donors (Lipinski definition) is 1. The van der Waals surface area contributed by atoms with E-state index in [0.717, 1.165) is 61.4 Å². The van der Waals surface area contributed by atoms with Crippen molar-refractivity contribution in [3.8, 4) is 11.6 Å². The van der Waals surface area contributed by atoms with Crippen LogP contribution in [0.15, 0.2) is 84.3 Å². The maximum atomic E-state index is 9.53. The van der Waals surface area contributed by atoms with Crippen LogP contribution in [0.3, 0.4) is 0 Å². The number of hydrogen-bond acceptors (Lipinski definition) is 5. The second-order valence-corrected chi connectivity index (χ2v) is 8.79. The predicted octanol–water partition coefficient (Wildman–Crippen LogP) is 5.23. The molecule has 3 aliphatic rings. The van der Waals surface area contributed by atoms with Crippen molar-refractivity contribution in [2.45, 2.75) is 31.3 Å². The molecule has 0 bridgehead atoms. The maximum Gasteiger partial charge on any atom is 0.227 e. The van der Waals surface area contributed by atoms with Gasteiger partial charge in [0.2, 0.25) is 5.88 Å². The first-order chi connectivity index (χ1) is 16.2. The number of piperidine rings is 1. The van der Waals surface area contributed by atoms with E-state index in [-0.39, 0.29) is 6.10 Å². The zero-order chi connectivity index (χ0) is 22.6. The van der Waals surface area contributed by atoms with Gasteiger partial charge in [0.25, 0.3) is 0 Å². The van der Waals surface area contributed by atoms with Crippen molar-refractivity contribution in [2.24, 2.45) is 0 Å². The topological polar surface area (TPSA) is 54.8 Å². The normalized spacial score (nSPS) is 22.1. The fourth-order valence-corrected chi connectivity index (χ4v) is 4.88. The summed E-state index contributed by atoms with van der Waals surface area (Å²) in [6, 6.07) is 11.7. The molecule has 5 heteroatoms. The molecule has 0 saturated carbocycles. The predicted molar refractivity (Wildman–Crippen MR) is 130 cm³/mol. The molecular weight excluding hydrogens is 412 g/mol. The third kappa shape index (κ3) is 4.80. The highest BCUT2D eigenvalue weighted by Gasteiger charge is 2.26. The number of aromatic nitrogens is 1. The van der Waals surface area contributed by atoms with Crippen LogP contribution in [-0.2, 0) is 4.74 Å². The molecule has 0 amide bonds. The Morgan fingerprint density at radius 2 is 2.00 bits per heavy atom. The molecule has 1 aromatic carbocycles. The minimum atomic E-state index is -0.123. The molecule has 1 saturated heterocycles. The number of phenols is 1. The van der Waals surface area contributed by atoms with Crippen LogP contribution in [0, 0.1) is 0 Å². The summed E-state index contributed by atoms with van der Waals surface area (Å²) >= 11 is 0. The third-order valence-corrected chi connectivity index (χ3v) is 6.74. The second kappa shape index (κ2) is 9.77. The van der Waals surface area contributed by atoms with Gasteiger partial charge < -0.3 is 19.5 Å². The molecule has 0 spiro atoms. The molecule has 5 rings (SSSR count). The van der Waals surface area contributed by atoms with Crippen LogP contribution in [0.25, 0.3) is 5.57 Å². The number of aromatic hydroxyl groups is 1.